The third kappa shape index (κ3) is 3.28. The molecule has 2 rings (SSSR count). The standard InChI is InChI=1S/C11H12BrN3S2/c1-7(13-2)9-4-3-8(5-10(9)12)16-11-14-6-15-17-11/h3-7,13H,1-2H3. The molecule has 6 heteroatoms. The van der Waals surface area contributed by atoms with E-state index in [4.69, 9.17) is 0 Å². The lowest BCUT2D eigenvalue weighted by atomic mass is 10.1. The molecule has 0 spiro atoms. The van der Waals surface area contributed by atoms with Gasteiger partial charge in [-0.1, -0.05) is 33.8 Å². The van der Waals surface area contributed by atoms with E-state index < -0.39 is 0 Å². The molecule has 0 fully saturated rings. The maximum atomic E-state index is 4.16. The number of nitrogens with one attached hydrogen (secondary N) is 1. The van der Waals surface area contributed by atoms with E-state index in [1.807, 2.05) is 7.05 Å². The lowest BCUT2D eigenvalue weighted by Gasteiger charge is -2.13. The molecular formula is C11H12BrN3S2. The average Bonchev–Trinajstić information content (AvgIpc) is 2.81. The van der Waals surface area contributed by atoms with E-state index in [-0.39, 0.29) is 0 Å². The largest absolute Gasteiger partial charge is 0.313 e. The minimum atomic E-state index is 0.338. The second-order valence-corrected chi connectivity index (χ2v) is 6.46. The van der Waals surface area contributed by atoms with E-state index in [9.17, 15) is 0 Å². The normalized spacial score (nSPS) is 12.6. The first-order valence-electron chi connectivity index (χ1n) is 5.12. The summed E-state index contributed by atoms with van der Waals surface area (Å²) in [5.74, 6) is 0. The lowest BCUT2D eigenvalue weighted by molar-refractivity contribution is 0.649. The molecule has 0 aliphatic carbocycles. The summed E-state index contributed by atoms with van der Waals surface area (Å²) in [5.41, 5.74) is 1.26. The molecule has 90 valence electrons. The Hall–Kier alpha value is -0.430. The Morgan fingerprint density at radius 2 is 2.29 bits per heavy atom. The van der Waals surface area contributed by atoms with Crippen LogP contribution in [0.15, 0.2) is 38.2 Å². The first-order valence-corrected chi connectivity index (χ1v) is 7.50. The van der Waals surface area contributed by atoms with Gasteiger partial charge >= 0.3 is 0 Å². The molecule has 17 heavy (non-hydrogen) atoms. The predicted molar refractivity (Wildman–Crippen MR) is 75.6 cm³/mol. The summed E-state index contributed by atoms with van der Waals surface area (Å²) in [4.78, 5) is 5.32. The van der Waals surface area contributed by atoms with Crippen LogP contribution in [-0.2, 0) is 0 Å². The molecule has 0 aliphatic heterocycles. The highest BCUT2D eigenvalue weighted by Crippen LogP contribution is 2.33. The molecular weight excluding hydrogens is 318 g/mol. The summed E-state index contributed by atoms with van der Waals surface area (Å²) in [5, 5.41) is 3.23. The van der Waals surface area contributed by atoms with Gasteiger partial charge in [0.1, 0.15) is 6.33 Å². The van der Waals surface area contributed by atoms with Gasteiger partial charge in [-0.05, 0) is 43.2 Å². The molecule has 0 bridgehead atoms. The fourth-order valence-electron chi connectivity index (χ4n) is 1.39. The fraction of sp³-hybridized carbons (Fsp3) is 0.273. The van der Waals surface area contributed by atoms with Gasteiger partial charge in [0.25, 0.3) is 0 Å². The van der Waals surface area contributed by atoms with Gasteiger partial charge in [0, 0.05) is 15.4 Å². The number of benzene rings is 1. The number of aromatic nitrogens is 2. The zero-order valence-electron chi connectivity index (χ0n) is 9.48. The van der Waals surface area contributed by atoms with Crippen LogP contribution in [0.1, 0.15) is 18.5 Å². The van der Waals surface area contributed by atoms with Crippen LogP contribution in [0.4, 0.5) is 0 Å². The van der Waals surface area contributed by atoms with Crippen LogP contribution in [0.25, 0.3) is 0 Å². The third-order valence-electron chi connectivity index (χ3n) is 2.42. The molecule has 0 saturated heterocycles. The van der Waals surface area contributed by atoms with Crippen molar-refractivity contribution in [1.29, 1.82) is 0 Å². The van der Waals surface area contributed by atoms with E-state index >= 15 is 0 Å². The van der Waals surface area contributed by atoms with E-state index in [1.165, 1.54) is 22.0 Å². The number of hydrogen-bond donors (Lipinski definition) is 1. The first kappa shape index (κ1) is 13.0. The Labute approximate surface area is 117 Å². The van der Waals surface area contributed by atoms with Crippen molar-refractivity contribution in [2.75, 3.05) is 7.05 Å². The van der Waals surface area contributed by atoms with Gasteiger partial charge in [-0.25, -0.2) is 4.98 Å². The zero-order valence-corrected chi connectivity index (χ0v) is 12.7. The Balaban J connectivity index is 2.19. The van der Waals surface area contributed by atoms with Crippen LogP contribution in [0.3, 0.4) is 0 Å². The summed E-state index contributed by atoms with van der Waals surface area (Å²) in [6.45, 7) is 2.14. The quantitative estimate of drug-likeness (QED) is 0.927. The molecule has 1 unspecified atom stereocenters. The van der Waals surface area contributed by atoms with Crippen LogP contribution < -0.4 is 5.32 Å². The van der Waals surface area contributed by atoms with Crippen molar-refractivity contribution < 1.29 is 0 Å². The second-order valence-electron chi connectivity index (χ2n) is 3.50. The molecule has 1 heterocycles. The highest BCUT2D eigenvalue weighted by atomic mass is 79.9. The molecule has 1 aromatic heterocycles. The lowest BCUT2D eigenvalue weighted by Crippen LogP contribution is -2.12. The second kappa shape index (κ2) is 5.95. The molecule has 1 N–H and O–H groups in total. The smallest absolute Gasteiger partial charge is 0.174 e. The Morgan fingerprint density at radius 3 is 2.88 bits per heavy atom. The van der Waals surface area contributed by atoms with E-state index in [1.54, 1.807) is 18.1 Å². The Morgan fingerprint density at radius 1 is 1.47 bits per heavy atom. The first-order chi connectivity index (χ1) is 8.20. The predicted octanol–water partition coefficient (Wildman–Crippen LogP) is 3.73. The Kier molecular flexibility index (Phi) is 4.55. The fourth-order valence-corrected chi connectivity index (χ4v) is 3.72. The molecule has 0 aliphatic rings. The van der Waals surface area contributed by atoms with E-state index in [0.29, 0.717) is 6.04 Å². The molecule has 0 amide bonds. The van der Waals surface area contributed by atoms with Crippen molar-refractivity contribution in [2.24, 2.45) is 0 Å². The monoisotopic (exact) mass is 329 g/mol. The zero-order chi connectivity index (χ0) is 12.3. The molecule has 1 aromatic carbocycles. The summed E-state index contributed by atoms with van der Waals surface area (Å²) < 4.78 is 6.07. The summed E-state index contributed by atoms with van der Waals surface area (Å²) in [6, 6.07) is 6.70. The highest BCUT2D eigenvalue weighted by molar-refractivity contribution is 9.10. The van der Waals surface area contributed by atoms with Gasteiger partial charge in [0.2, 0.25) is 0 Å². The van der Waals surface area contributed by atoms with Crippen LogP contribution >= 0.6 is 39.2 Å². The van der Waals surface area contributed by atoms with Gasteiger partial charge in [-0.3, -0.25) is 0 Å². The number of rotatable bonds is 4. The van der Waals surface area contributed by atoms with Crippen molar-refractivity contribution in [3.05, 3.63) is 34.6 Å². The maximum absolute atomic E-state index is 4.16. The highest BCUT2D eigenvalue weighted by Gasteiger charge is 2.09. The minimum Gasteiger partial charge on any atom is -0.313 e. The average molecular weight is 330 g/mol. The number of halogens is 1. The number of hydrogen-bond acceptors (Lipinski definition) is 5. The Bertz CT molecular complexity index is 487. The van der Waals surface area contributed by atoms with Gasteiger partial charge in [0.05, 0.1) is 0 Å². The summed E-state index contributed by atoms with van der Waals surface area (Å²) in [7, 11) is 1.96. The van der Waals surface area contributed by atoms with Crippen LogP contribution in [0, 0.1) is 0 Å². The summed E-state index contributed by atoms with van der Waals surface area (Å²) in [6.07, 6.45) is 1.58. The minimum absolute atomic E-state index is 0.338. The maximum Gasteiger partial charge on any atom is 0.174 e. The molecule has 0 saturated carbocycles. The molecule has 1 atom stereocenters. The van der Waals surface area contributed by atoms with Gasteiger partial charge < -0.3 is 5.32 Å². The molecule has 3 nitrogen and oxygen atoms in total. The topological polar surface area (TPSA) is 37.8 Å². The van der Waals surface area contributed by atoms with Crippen LogP contribution in [0.2, 0.25) is 0 Å². The van der Waals surface area contributed by atoms with E-state index in [0.717, 1.165) is 8.81 Å². The van der Waals surface area contributed by atoms with Crippen molar-refractivity contribution in [2.45, 2.75) is 22.2 Å². The van der Waals surface area contributed by atoms with Gasteiger partial charge in [0.15, 0.2) is 4.34 Å². The number of nitrogens with zero attached hydrogens (tertiary/aromatic N) is 2. The molecule has 2 aromatic rings. The SMILES string of the molecule is CNC(C)c1ccc(Sc2ncns2)cc1Br. The molecule has 0 radical (unpaired) electrons. The van der Waals surface area contributed by atoms with Crippen molar-refractivity contribution in [3.8, 4) is 0 Å². The van der Waals surface area contributed by atoms with Crippen LogP contribution in [-0.4, -0.2) is 16.4 Å². The van der Waals surface area contributed by atoms with Crippen molar-refractivity contribution in [1.82, 2.24) is 14.7 Å². The van der Waals surface area contributed by atoms with Crippen molar-refractivity contribution in [3.63, 3.8) is 0 Å². The van der Waals surface area contributed by atoms with Crippen LogP contribution in [0.5, 0.6) is 0 Å². The third-order valence-corrected chi connectivity index (χ3v) is 4.81. The van der Waals surface area contributed by atoms with Gasteiger partial charge in [-0.2, -0.15) is 4.37 Å². The van der Waals surface area contributed by atoms with Crippen molar-refractivity contribution >= 4 is 39.2 Å². The van der Waals surface area contributed by atoms with E-state index in [2.05, 4.69) is 55.7 Å². The summed E-state index contributed by atoms with van der Waals surface area (Å²) >= 11 is 6.65. The van der Waals surface area contributed by atoms with Gasteiger partial charge in [-0.15, -0.1) is 0 Å².